The lowest BCUT2D eigenvalue weighted by Gasteiger charge is -2.41. The smallest absolute Gasteiger partial charge is 0.393 e. The number of carbonyl (C=O) groups excluding carboxylic acids is 1. The summed E-state index contributed by atoms with van der Waals surface area (Å²) in [5.41, 5.74) is 2.86. The van der Waals surface area contributed by atoms with E-state index in [0.29, 0.717) is 30.4 Å². The molecule has 3 heterocycles. The van der Waals surface area contributed by atoms with Crippen LogP contribution < -0.4 is 0 Å². The van der Waals surface area contributed by atoms with E-state index in [0.717, 1.165) is 75.8 Å². The first-order valence-electron chi connectivity index (χ1n) is 13.6. The number of likely N-dealkylation sites (tertiary alicyclic amines) is 2. The van der Waals surface area contributed by atoms with Gasteiger partial charge in [0.2, 0.25) is 0 Å². The van der Waals surface area contributed by atoms with Crippen LogP contribution in [0.2, 0.25) is 0 Å². The predicted octanol–water partition coefficient (Wildman–Crippen LogP) is 4.68. The van der Waals surface area contributed by atoms with Crippen molar-refractivity contribution in [2.75, 3.05) is 26.2 Å². The van der Waals surface area contributed by atoms with Gasteiger partial charge in [0.05, 0.1) is 29.0 Å². The number of alkyl halides is 3. The summed E-state index contributed by atoms with van der Waals surface area (Å²) in [4.78, 5) is 18.4. The number of aliphatic hydroxyl groups is 1. The molecule has 2 aliphatic heterocycles. The van der Waals surface area contributed by atoms with E-state index in [4.69, 9.17) is 5.10 Å². The summed E-state index contributed by atoms with van der Waals surface area (Å²) >= 11 is 0. The lowest BCUT2D eigenvalue weighted by Crippen LogP contribution is -2.49. The van der Waals surface area contributed by atoms with Gasteiger partial charge >= 0.3 is 6.18 Å². The van der Waals surface area contributed by atoms with Crippen molar-refractivity contribution in [3.63, 3.8) is 0 Å². The molecule has 5 aliphatic rings. The number of halogens is 3. The van der Waals surface area contributed by atoms with Crippen LogP contribution in [-0.4, -0.2) is 75.1 Å². The first-order valence-corrected chi connectivity index (χ1v) is 13.6. The molecular weight excluding hydrogens is 469 g/mol. The lowest BCUT2D eigenvalue weighted by atomic mass is 9.96. The Kier molecular flexibility index (Phi) is 6.27. The van der Waals surface area contributed by atoms with Crippen LogP contribution >= 0.6 is 0 Å². The maximum absolute atomic E-state index is 14.0. The number of amides is 1. The molecule has 3 aliphatic carbocycles. The average molecular weight is 505 g/mol. The van der Waals surface area contributed by atoms with Crippen molar-refractivity contribution in [2.24, 2.45) is 5.92 Å². The molecule has 1 aromatic heterocycles. The zero-order chi connectivity index (χ0) is 25.0. The normalized spacial score (nSPS) is 26.9. The third-order valence-electron chi connectivity index (χ3n) is 8.61. The molecule has 0 aromatic carbocycles. The van der Waals surface area contributed by atoms with Crippen molar-refractivity contribution in [3.8, 4) is 0 Å². The van der Waals surface area contributed by atoms with Crippen LogP contribution in [0.5, 0.6) is 0 Å². The van der Waals surface area contributed by atoms with Crippen molar-refractivity contribution >= 4 is 11.6 Å². The Balaban J connectivity index is 1.25. The van der Waals surface area contributed by atoms with E-state index in [1.54, 1.807) is 10.8 Å². The Labute approximate surface area is 209 Å². The van der Waals surface area contributed by atoms with Gasteiger partial charge in [0, 0.05) is 56.2 Å². The van der Waals surface area contributed by atoms with E-state index < -0.39 is 12.1 Å². The SMILES string of the molecule is O=C(c1c(C2CC2)nn(C2=CC=CC(C(F)(F)F)C2)c1C1CC1)N1CCC(N2CCC(O)CC2)CC1. The van der Waals surface area contributed by atoms with Crippen LogP contribution in [0.4, 0.5) is 13.2 Å². The fourth-order valence-electron chi connectivity index (χ4n) is 6.15. The minimum atomic E-state index is -4.29. The zero-order valence-corrected chi connectivity index (χ0v) is 20.6. The van der Waals surface area contributed by atoms with E-state index in [1.165, 1.54) is 12.2 Å². The minimum Gasteiger partial charge on any atom is -0.393 e. The average Bonchev–Trinajstić information content (AvgIpc) is 3.82. The Bertz CT molecular complexity index is 1050. The summed E-state index contributed by atoms with van der Waals surface area (Å²) in [7, 11) is 0. The van der Waals surface area contributed by atoms with Crippen LogP contribution in [0.1, 0.15) is 91.4 Å². The Morgan fingerprint density at radius 2 is 1.61 bits per heavy atom. The van der Waals surface area contributed by atoms with Gasteiger partial charge in [-0.25, -0.2) is 4.68 Å². The maximum atomic E-state index is 14.0. The quantitative estimate of drug-likeness (QED) is 0.633. The van der Waals surface area contributed by atoms with E-state index in [-0.39, 0.29) is 30.3 Å². The monoisotopic (exact) mass is 504 g/mol. The lowest BCUT2D eigenvalue weighted by molar-refractivity contribution is -0.160. The molecule has 1 unspecified atom stereocenters. The molecule has 2 saturated carbocycles. The van der Waals surface area contributed by atoms with Crippen molar-refractivity contribution in [3.05, 3.63) is 35.2 Å². The van der Waals surface area contributed by atoms with E-state index in [2.05, 4.69) is 4.90 Å². The van der Waals surface area contributed by atoms with Crippen molar-refractivity contribution < 1.29 is 23.1 Å². The van der Waals surface area contributed by atoms with Crippen LogP contribution in [0.25, 0.3) is 5.70 Å². The van der Waals surface area contributed by atoms with Crippen LogP contribution in [0, 0.1) is 5.92 Å². The third-order valence-corrected chi connectivity index (χ3v) is 8.61. The topological polar surface area (TPSA) is 61.6 Å². The van der Waals surface area contributed by atoms with Crippen molar-refractivity contribution in [1.82, 2.24) is 19.6 Å². The number of allylic oxidation sites excluding steroid dienone is 4. The van der Waals surface area contributed by atoms with E-state index in [1.807, 2.05) is 4.90 Å². The number of rotatable bonds is 5. The Morgan fingerprint density at radius 1 is 0.944 bits per heavy atom. The van der Waals surface area contributed by atoms with E-state index in [9.17, 15) is 23.1 Å². The Morgan fingerprint density at radius 3 is 2.22 bits per heavy atom. The van der Waals surface area contributed by atoms with Gasteiger partial charge in [0.25, 0.3) is 5.91 Å². The molecule has 1 aromatic rings. The van der Waals surface area contributed by atoms with Gasteiger partial charge in [-0.2, -0.15) is 18.3 Å². The molecule has 0 spiro atoms. The number of piperidine rings is 2. The highest BCUT2D eigenvalue weighted by molar-refractivity contribution is 5.97. The van der Waals surface area contributed by atoms with Gasteiger partial charge in [-0.1, -0.05) is 12.2 Å². The molecule has 0 bridgehead atoms. The fourth-order valence-corrected chi connectivity index (χ4v) is 6.15. The Hall–Kier alpha value is -2.13. The number of hydrogen-bond acceptors (Lipinski definition) is 4. The molecule has 1 N–H and O–H groups in total. The molecule has 9 heteroatoms. The minimum absolute atomic E-state index is 0.0110. The molecular formula is C27H35F3N4O2. The standard InChI is InChI=1S/C27H35F3N4O2/c28-27(29,30)19-2-1-3-21(16-19)34-25(18-6-7-18)23(24(31-34)17-4-5-17)26(36)33-12-8-20(9-13-33)32-14-10-22(35)11-15-32/h1-3,17-20,22,35H,4-16H2. The number of aliphatic hydroxyl groups excluding tert-OH is 1. The van der Waals surface area contributed by atoms with Crippen LogP contribution in [0.3, 0.4) is 0 Å². The van der Waals surface area contributed by atoms with Gasteiger partial charge in [0.15, 0.2) is 0 Å². The first-order chi connectivity index (χ1) is 17.3. The van der Waals surface area contributed by atoms with Gasteiger partial charge in [0.1, 0.15) is 0 Å². The van der Waals surface area contributed by atoms with E-state index >= 15 is 0 Å². The zero-order valence-electron chi connectivity index (χ0n) is 20.6. The van der Waals surface area contributed by atoms with Crippen molar-refractivity contribution in [1.29, 1.82) is 0 Å². The van der Waals surface area contributed by atoms with Gasteiger partial charge in [-0.15, -0.1) is 0 Å². The summed E-state index contributed by atoms with van der Waals surface area (Å²) < 4.78 is 42.2. The summed E-state index contributed by atoms with van der Waals surface area (Å²) in [6.45, 7) is 3.19. The van der Waals surface area contributed by atoms with Gasteiger partial charge < -0.3 is 14.9 Å². The third kappa shape index (κ3) is 4.76. The first kappa shape index (κ1) is 24.2. The van der Waals surface area contributed by atoms with Gasteiger partial charge in [-0.05, 0) is 57.4 Å². The van der Waals surface area contributed by atoms with Crippen LogP contribution in [0.15, 0.2) is 18.2 Å². The molecule has 2 saturated heterocycles. The molecule has 6 nitrogen and oxygen atoms in total. The number of hydrogen-bond donors (Lipinski definition) is 1. The second kappa shape index (κ2) is 9.31. The summed E-state index contributed by atoms with van der Waals surface area (Å²) in [5.74, 6) is -1.08. The predicted molar refractivity (Wildman–Crippen MR) is 129 cm³/mol. The molecule has 36 heavy (non-hydrogen) atoms. The number of nitrogens with zero attached hydrogens (tertiary/aromatic N) is 4. The molecule has 196 valence electrons. The molecule has 0 radical (unpaired) electrons. The highest BCUT2D eigenvalue weighted by Crippen LogP contribution is 2.49. The number of aromatic nitrogens is 2. The molecule has 6 rings (SSSR count). The molecule has 1 amide bonds. The summed E-state index contributed by atoms with van der Waals surface area (Å²) in [6, 6.07) is 0.438. The highest BCUT2D eigenvalue weighted by atomic mass is 19.4. The summed E-state index contributed by atoms with van der Waals surface area (Å²) in [5, 5.41) is 14.7. The second-order valence-corrected chi connectivity index (χ2v) is 11.3. The summed E-state index contributed by atoms with van der Waals surface area (Å²) in [6.07, 6.45) is 7.11. The fraction of sp³-hybridized carbons (Fsp3) is 0.704. The molecule has 4 fully saturated rings. The van der Waals surface area contributed by atoms with Crippen LogP contribution in [-0.2, 0) is 0 Å². The molecule has 1 atom stereocenters. The van der Waals surface area contributed by atoms with Crippen molar-refractivity contribution in [2.45, 2.75) is 87.9 Å². The number of carbonyl (C=O) groups is 1. The highest BCUT2D eigenvalue weighted by Gasteiger charge is 2.44. The maximum Gasteiger partial charge on any atom is 0.395 e. The second-order valence-electron chi connectivity index (χ2n) is 11.3. The largest absolute Gasteiger partial charge is 0.395 e. The van der Waals surface area contributed by atoms with Gasteiger partial charge in [-0.3, -0.25) is 4.79 Å².